The van der Waals surface area contributed by atoms with Crippen molar-refractivity contribution in [2.75, 3.05) is 0 Å². The first-order valence-corrected chi connectivity index (χ1v) is 9.65. The van der Waals surface area contributed by atoms with Gasteiger partial charge in [-0.3, -0.25) is 19.1 Å². The molecule has 1 aliphatic rings. The van der Waals surface area contributed by atoms with Gasteiger partial charge in [0.05, 0.1) is 17.5 Å². The second-order valence-corrected chi connectivity index (χ2v) is 7.78. The molecule has 1 unspecified atom stereocenters. The number of nitrogens with one attached hydrogen (secondary N) is 1. The van der Waals surface area contributed by atoms with Crippen LogP contribution in [0.3, 0.4) is 0 Å². The van der Waals surface area contributed by atoms with Crippen molar-refractivity contribution >= 4 is 17.1 Å². The predicted octanol–water partition coefficient (Wildman–Crippen LogP) is 2.62. The Labute approximate surface area is 149 Å². The number of thiazole rings is 1. The van der Waals surface area contributed by atoms with E-state index in [9.17, 15) is 14.4 Å². The number of aromatic amines is 1. The van der Waals surface area contributed by atoms with Gasteiger partial charge in [0.1, 0.15) is 0 Å². The maximum absolute atomic E-state index is 12.9. The number of nitrogens with zero attached hydrogens (tertiary/aromatic N) is 2. The predicted molar refractivity (Wildman–Crippen MR) is 97.1 cm³/mol. The van der Waals surface area contributed by atoms with Crippen molar-refractivity contribution < 1.29 is 4.79 Å². The molecule has 6 nitrogen and oxygen atoms in total. The fourth-order valence-electron chi connectivity index (χ4n) is 3.56. The van der Waals surface area contributed by atoms with Crippen LogP contribution in [0.15, 0.2) is 27.4 Å². The van der Waals surface area contributed by atoms with Gasteiger partial charge in [0.2, 0.25) is 0 Å². The van der Waals surface area contributed by atoms with Crippen LogP contribution in [0.2, 0.25) is 0 Å². The SMILES string of the molecule is Cc1cn(C(CC2CCCCC2)C(=O)Cc2nccs2)c(=O)[nH]c1=O. The molecule has 0 bridgehead atoms. The van der Waals surface area contributed by atoms with Gasteiger partial charge < -0.3 is 0 Å². The fraction of sp³-hybridized carbons (Fsp3) is 0.556. The van der Waals surface area contributed by atoms with Gasteiger partial charge >= 0.3 is 5.69 Å². The fourth-order valence-corrected chi connectivity index (χ4v) is 4.19. The van der Waals surface area contributed by atoms with Gasteiger partial charge in [-0.2, -0.15) is 0 Å². The topological polar surface area (TPSA) is 84.8 Å². The van der Waals surface area contributed by atoms with E-state index in [0.29, 0.717) is 17.9 Å². The molecule has 7 heteroatoms. The van der Waals surface area contributed by atoms with Crippen LogP contribution >= 0.6 is 11.3 Å². The summed E-state index contributed by atoms with van der Waals surface area (Å²) in [5.74, 6) is 0.423. The quantitative estimate of drug-likeness (QED) is 0.857. The number of ketones is 1. The van der Waals surface area contributed by atoms with Gasteiger partial charge in [0.25, 0.3) is 5.56 Å². The number of aryl methyl sites for hydroxylation is 1. The Morgan fingerprint density at radius 3 is 2.80 bits per heavy atom. The maximum Gasteiger partial charge on any atom is 0.329 e. The number of H-pyrrole nitrogens is 1. The van der Waals surface area contributed by atoms with E-state index >= 15 is 0 Å². The Kier molecular flexibility index (Phi) is 5.63. The van der Waals surface area contributed by atoms with Crippen molar-refractivity contribution in [2.45, 2.75) is 57.9 Å². The Morgan fingerprint density at radius 2 is 2.12 bits per heavy atom. The maximum atomic E-state index is 12.9. The largest absolute Gasteiger partial charge is 0.329 e. The Balaban J connectivity index is 1.90. The lowest BCUT2D eigenvalue weighted by atomic mass is 9.83. The second kappa shape index (κ2) is 7.91. The molecule has 0 aliphatic heterocycles. The summed E-state index contributed by atoms with van der Waals surface area (Å²) in [6, 6.07) is -0.546. The van der Waals surface area contributed by atoms with E-state index in [4.69, 9.17) is 0 Å². The molecule has 0 radical (unpaired) electrons. The van der Waals surface area contributed by atoms with E-state index in [1.54, 1.807) is 13.1 Å². The first kappa shape index (κ1) is 17.8. The number of hydrogen-bond acceptors (Lipinski definition) is 5. The number of carbonyl (C=O) groups is 1. The first-order valence-electron chi connectivity index (χ1n) is 8.77. The van der Waals surface area contributed by atoms with Crippen LogP contribution in [0, 0.1) is 12.8 Å². The van der Waals surface area contributed by atoms with E-state index < -0.39 is 17.3 Å². The Hall–Kier alpha value is -2.02. The van der Waals surface area contributed by atoms with Crippen LogP contribution in [0.4, 0.5) is 0 Å². The Bertz CT molecular complexity index is 832. The minimum Gasteiger partial charge on any atom is -0.297 e. The summed E-state index contributed by atoms with van der Waals surface area (Å²) in [6.07, 6.45) is 9.86. The van der Waals surface area contributed by atoms with E-state index in [1.807, 2.05) is 5.38 Å². The third-order valence-corrected chi connectivity index (χ3v) is 5.72. The lowest BCUT2D eigenvalue weighted by Crippen LogP contribution is -2.37. The minimum atomic E-state index is -0.546. The van der Waals surface area contributed by atoms with Crippen LogP contribution in [0.25, 0.3) is 0 Å². The number of rotatable bonds is 6. The van der Waals surface area contributed by atoms with E-state index in [0.717, 1.165) is 17.8 Å². The minimum absolute atomic E-state index is 0.0194. The average molecular weight is 361 g/mol. The number of aromatic nitrogens is 3. The number of carbonyl (C=O) groups excluding carboxylic acids is 1. The van der Waals surface area contributed by atoms with Crippen molar-refractivity contribution in [3.8, 4) is 0 Å². The Morgan fingerprint density at radius 1 is 1.36 bits per heavy atom. The van der Waals surface area contributed by atoms with Gasteiger partial charge in [-0.25, -0.2) is 9.78 Å². The molecular formula is C18H23N3O3S. The van der Waals surface area contributed by atoms with Crippen LogP contribution in [0.1, 0.15) is 55.1 Å². The number of Topliss-reactive ketones (excluding diaryl/α,β-unsaturated/α-hetero) is 1. The first-order chi connectivity index (χ1) is 12.0. The number of hydrogen-bond donors (Lipinski definition) is 1. The highest BCUT2D eigenvalue weighted by atomic mass is 32.1. The molecule has 2 aromatic heterocycles. The molecule has 0 amide bonds. The van der Waals surface area contributed by atoms with Crippen molar-refractivity contribution in [3.63, 3.8) is 0 Å². The van der Waals surface area contributed by atoms with Crippen molar-refractivity contribution in [3.05, 3.63) is 49.2 Å². The molecule has 1 saturated carbocycles. The molecule has 1 N–H and O–H groups in total. The molecule has 0 aromatic carbocycles. The molecule has 2 heterocycles. The summed E-state index contributed by atoms with van der Waals surface area (Å²) in [5.41, 5.74) is -0.468. The van der Waals surface area contributed by atoms with Gasteiger partial charge in [0, 0.05) is 23.3 Å². The van der Waals surface area contributed by atoms with Crippen molar-refractivity contribution in [1.82, 2.24) is 14.5 Å². The summed E-state index contributed by atoms with van der Waals surface area (Å²) in [7, 11) is 0. The zero-order valence-corrected chi connectivity index (χ0v) is 15.2. The smallest absolute Gasteiger partial charge is 0.297 e. The highest BCUT2D eigenvalue weighted by Gasteiger charge is 2.27. The standard InChI is InChI=1S/C18H23N3O3S/c1-12-11-21(18(24)20-17(12)23)14(9-13-5-3-2-4-6-13)15(22)10-16-19-7-8-25-16/h7-8,11,13-14H,2-6,9-10H2,1H3,(H,20,23,24). The highest BCUT2D eigenvalue weighted by molar-refractivity contribution is 7.09. The zero-order valence-electron chi connectivity index (χ0n) is 14.4. The molecule has 1 aliphatic carbocycles. The monoisotopic (exact) mass is 361 g/mol. The molecule has 1 fully saturated rings. The third kappa shape index (κ3) is 4.34. The third-order valence-electron chi connectivity index (χ3n) is 4.94. The average Bonchev–Trinajstić information content (AvgIpc) is 3.10. The van der Waals surface area contributed by atoms with E-state index in [1.165, 1.54) is 41.4 Å². The van der Waals surface area contributed by atoms with Crippen molar-refractivity contribution in [1.29, 1.82) is 0 Å². The van der Waals surface area contributed by atoms with Crippen LogP contribution < -0.4 is 11.2 Å². The molecule has 0 spiro atoms. The summed E-state index contributed by atoms with van der Waals surface area (Å²) in [5, 5.41) is 2.60. The zero-order chi connectivity index (χ0) is 17.8. The van der Waals surface area contributed by atoms with Crippen molar-refractivity contribution in [2.24, 2.45) is 5.92 Å². The molecule has 3 rings (SSSR count). The van der Waals surface area contributed by atoms with Crippen LogP contribution in [0.5, 0.6) is 0 Å². The highest BCUT2D eigenvalue weighted by Crippen LogP contribution is 2.31. The summed E-state index contributed by atoms with van der Waals surface area (Å²) in [6.45, 7) is 1.65. The summed E-state index contributed by atoms with van der Waals surface area (Å²) in [4.78, 5) is 43.5. The molecular weight excluding hydrogens is 338 g/mol. The van der Waals surface area contributed by atoms with Gasteiger partial charge in [-0.05, 0) is 19.3 Å². The normalized spacial score (nSPS) is 16.7. The molecule has 25 heavy (non-hydrogen) atoms. The molecule has 134 valence electrons. The van der Waals surface area contributed by atoms with Gasteiger partial charge in [0.15, 0.2) is 5.78 Å². The lowest BCUT2D eigenvalue weighted by molar-refractivity contribution is -0.122. The van der Waals surface area contributed by atoms with Crippen LogP contribution in [-0.4, -0.2) is 20.3 Å². The lowest BCUT2D eigenvalue weighted by Gasteiger charge is -2.27. The van der Waals surface area contributed by atoms with E-state index in [2.05, 4.69) is 9.97 Å². The van der Waals surface area contributed by atoms with Gasteiger partial charge in [-0.15, -0.1) is 11.3 Å². The van der Waals surface area contributed by atoms with E-state index in [-0.39, 0.29) is 12.2 Å². The second-order valence-electron chi connectivity index (χ2n) is 6.80. The summed E-state index contributed by atoms with van der Waals surface area (Å²) < 4.78 is 1.42. The molecule has 1 atom stereocenters. The van der Waals surface area contributed by atoms with Crippen LogP contribution in [-0.2, 0) is 11.2 Å². The summed E-state index contributed by atoms with van der Waals surface area (Å²) >= 11 is 1.44. The molecule has 0 saturated heterocycles. The molecule has 2 aromatic rings. The van der Waals surface area contributed by atoms with Gasteiger partial charge in [-0.1, -0.05) is 32.1 Å².